The average Bonchev–Trinajstić information content (AvgIpc) is 3.07. The molecule has 0 bridgehead atoms. The van der Waals surface area contributed by atoms with Crippen molar-refractivity contribution in [2.45, 2.75) is 25.2 Å². The highest BCUT2D eigenvalue weighted by Crippen LogP contribution is 2.16. The number of nitrogens with zero attached hydrogens (tertiary/aromatic N) is 3. The molecular weight excluding hydrogens is 340 g/mol. The predicted molar refractivity (Wildman–Crippen MR) is 92.3 cm³/mol. The molecular formula is C17H18N4O3S. The van der Waals surface area contributed by atoms with Crippen LogP contribution < -0.4 is 4.72 Å². The molecule has 8 heteroatoms. The number of pyridine rings is 1. The predicted octanol–water partition coefficient (Wildman–Crippen LogP) is 2.27. The van der Waals surface area contributed by atoms with Gasteiger partial charge in [-0.3, -0.25) is 4.98 Å². The van der Waals surface area contributed by atoms with Crippen LogP contribution in [0.1, 0.15) is 17.0 Å². The number of rotatable bonds is 6. The van der Waals surface area contributed by atoms with E-state index in [4.69, 9.17) is 4.42 Å². The Hall–Kier alpha value is -2.58. The van der Waals surface area contributed by atoms with Crippen LogP contribution in [0.25, 0.3) is 11.6 Å². The van der Waals surface area contributed by atoms with Gasteiger partial charge in [0, 0.05) is 19.2 Å². The number of aromatic nitrogens is 3. The van der Waals surface area contributed by atoms with Gasteiger partial charge >= 0.3 is 0 Å². The zero-order valence-corrected chi connectivity index (χ0v) is 14.7. The molecule has 0 radical (unpaired) electrons. The molecule has 2 aromatic heterocycles. The van der Waals surface area contributed by atoms with E-state index in [1.54, 1.807) is 36.5 Å². The fraction of sp³-hybridized carbons (Fsp3) is 0.235. The maximum absolute atomic E-state index is 12.3. The fourth-order valence-electron chi connectivity index (χ4n) is 2.20. The Bertz CT molecular complexity index is 969. The highest BCUT2D eigenvalue weighted by molar-refractivity contribution is 7.89. The van der Waals surface area contributed by atoms with Crippen LogP contribution in [-0.4, -0.2) is 30.1 Å². The zero-order chi connectivity index (χ0) is 17.9. The van der Waals surface area contributed by atoms with Crippen LogP contribution >= 0.6 is 0 Å². The van der Waals surface area contributed by atoms with E-state index in [0.29, 0.717) is 23.9 Å². The molecule has 0 aliphatic carbocycles. The molecule has 0 saturated carbocycles. The number of sulfonamides is 1. The second-order valence-electron chi connectivity index (χ2n) is 5.61. The topological polar surface area (TPSA) is 98.0 Å². The van der Waals surface area contributed by atoms with E-state index < -0.39 is 10.0 Å². The quantitative estimate of drug-likeness (QED) is 0.726. The maximum Gasteiger partial charge on any atom is 0.266 e. The number of hydrogen-bond donors (Lipinski definition) is 1. The molecule has 3 aromatic rings. The van der Waals surface area contributed by atoms with Crippen LogP contribution in [-0.2, 0) is 16.4 Å². The van der Waals surface area contributed by atoms with Crippen molar-refractivity contribution >= 4 is 10.0 Å². The number of aryl methyl sites for hydroxylation is 2. The summed E-state index contributed by atoms with van der Waals surface area (Å²) in [5.74, 6) is 0.663. The molecule has 1 N–H and O–H groups in total. The Morgan fingerprint density at radius 3 is 2.64 bits per heavy atom. The van der Waals surface area contributed by atoms with Crippen molar-refractivity contribution in [3.8, 4) is 11.6 Å². The van der Waals surface area contributed by atoms with Gasteiger partial charge in [-0.1, -0.05) is 12.1 Å². The third kappa shape index (κ3) is 4.09. The normalized spacial score (nSPS) is 11.6. The smallest absolute Gasteiger partial charge is 0.266 e. The van der Waals surface area contributed by atoms with Gasteiger partial charge in [-0.15, -0.1) is 10.2 Å². The monoisotopic (exact) mass is 358 g/mol. The third-order valence-electron chi connectivity index (χ3n) is 3.77. The van der Waals surface area contributed by atoms with Crippen molar-refractivity contribution in [3.63, 3.8) is 0 Å². The molecule has 2 heterocycles. The largest absolute Gasteiger partial charge is 0.419 e. The molecule has 3 rings (SSSR count). The summed E-state index contributed by atoms with van der Waals surface area (Å²) < 4.78 is 32.7. The summed E-state index contributed by atoms with van der Waals surface area (Å²) in [7, 11) is -3.57. The first-order valence-corrected chi connectivity index (χ1v) is 9.25. The molecule has 0 aliphatic rings. The van der Waals surface area contributed by atoms with Gasteiger partial charge in [-0.25, -0.2) is 13.1 Å². The van der Waals surface area contributed by atoms with Crippen molar-refractivity contribution < 1.29 is 12.8 Å². The van der Waals surface area contributed by atoms with Crippen molar-refractivity contribution in [1.82, 2.24) is 19.9 Å². The molecule has 1 aromatic carbocycles. The van der Waals surface area contributed by atoms with Crippen molar-refractivity contribution in [2.24, 2.45) is 0 Å². The minimum Gasteiger partial charge on any atom is -0.419 e. The van der Waals surface area contributed by atoms with Gasteiger partial charge in [0.2, 0.25) is 15.9 Å². The van der Waals surface area contributed by atoms with E-state index in [0.717, 1.165) is 11.1 Å². The number of nitrogens with one attached hydrogen (secondary N) is 1. The summed E-state index contributed by atoms with van der Waals surface area (Å²) in [5, 5.41) is 7.84. The lowest BCUT2D eigenvalue weighted by Crippen LogP contribution is -2.26. The van der Waals surface area contributed by atoms with Crippen molar-refractivity contribution in [2.75, 3.05) is 6.54 Å². The van der Waals surface area contributed by atoms with Crippen LogP contribution in [0.4, 0.5) is 0 Å². The molecule has 0 unspecified atom stereocenters. The molecule has 0 amide bonds. The van der Waals surface area contributed by atoms with Crippen LogP contribution in [0.3, 0.4) is 0 Å². The Kier molecular flexibility index (Phi) is 4.91. The molecule has 7 nitrogen and oxygen atoms in total. The van der Waals surface area contributed by atoms with E-state index in [-0.39, 0.29) is 11.4 Å². The first-order chi connectivity index (χ1) is 12.0. The van der Waals surface area contributed by atoms with E-state index in [1.807, 2.05) is 19.9 Å². The van der Waals surface area contributed by atoms with E-state index >= 15 is 0 Å². The molecule has 0 saturated heterocycles. The third-order valence-corrected chi connectivity index (χ3v) is 5.23. The van der Waals surface area contributed by atoms with Gasteiger partial charge in [-0.2, -0.15) is 0 Å². The van der Waals surface area contributed by atoms with Crippen LogP contribution in [0.5, 0.6) is 0 Å². The first-order valence-electron chi connectivity index (χ1n) is 7.76. The Balaban J connectivity index is 1.63. The first kappa shape index (κ1) is 17.2. The fourth-order valence-corrected chi connectivity index (χ4v) is 3.32. The summed E-state index contributed by atoms with van der Waals surface area (Å²) in [4.78, 5) is 4.37. The van der Waals surface area contributed by atoms with Crippen LogP contribution in [0.15, 0.2) is 51.9 Å². The molecule has 0 atom stereocenters. The van der Waals surface area contributed by atoms with Gasteiger partial charge in [0.05, 0.1) is 4.90 Å². The lowest BCUT2D eigenvalue weighted by atomic mass is 10.1. The summed E-state index contributed by atoms with van der Waals surface area (Å²) in [5.41, 5.74) is 2.56. The van der Waals surface area contributed by atoms with E-state index in [2.05, 4.69) is 19.9 Å². The maximum atomic E-state index is 12.3. The Morgan fingerprint density at radius 2 is 1.92 bits per heavy atom. The van der Waals surface area contributed by atoms with Crippen LogP contribution in [0, 0.1) is 13.8 Å². The van der Waals surface area contributed by atoms with E-state index in [9.17, 15) is 8.42 Å². The van der Waals surface area contributed by atoms with Crippen molar-refractivity contribution in [1.29, 1.82) is 0 Å². The second kappa shape index (κ2) is 7.12. The molecule has 25 heavy (non-hydrogen) atoms. The molecule has 0 fully saturated rings. The summed E-state index contributed by atoms with van der Waals surface area (Å²) in [6.45, 7) is 3.99. The molecule has 130 valence electrons. The number of benzene rings is 1. The standard InChI is InChI=1S/C17H18N4O3S/c1-12-6-7-14(11-13(12)2)25(22,23)19-10-8-16-20-21-17(24-16)15-5-3-4-9-18-15/h3-7,9,11,19H,8,10H2,1-2H3. The van der Waals surface area contributed by atoms with Gasteiger partial charge in [0.25, 0.3) is 5.89 Å². The summed E-state index contributed by atoms with van der Waals surface area (Å²) >= 11 is 0. The lowest BCUT2D eigenvalue weighted by molar-refractivity contribution is 0.500. The van der Waals surface area contributed by atoms with Gasteiger partial charge in [-0.05, 0) is 49.2 Å². The Labute approximate surface area is 146 Å². The number of hydrogen-bond acceptors (Lipinski definition) is 6. The van der Waals surface area contributed by atoms with Crippen molar-refractivity contribution in [3.05, 3.63) is 59.6 Å². The SMILES string of the molecule is Cc1ccc(S(=O)(=O)NCCc2nnc(-c3ccccn3)o2)cc1C. The minimum atomic E-state index is -3.57. The van der Waals surface area contributed by atoms with Gasteiger partial charge in [0.1, 0.15) is 5.69 Å². The highest BCUT2D eigenvalue weighted by atomic mass is 32.2. The van der Waals surface area contributed by atoms with Crippen LogP contribution in [0.2, 0.25) is 0 Å². The molecule has 0 aliphatic heterocycles. The highest BCUT2D eigenvalue weighted by Gasteiger charge is 2.15. The summed E-state index contributed by atoms with van der Waals surface area (Å²) in [6.07, 6.45) is 1.93. The molecule has 0 spiro atoms. The second-order valence-corrected chi connectivity index (χ2v) is 7.38. The Morgan fingerprint density at radius 1 is 1.08 bits per heavy atom. The summed E-state index contributed by atoms with van der Waals surface area (Å²) in [6, 6.07) is 10.4. The van der Waals surface area contributed by atoms with Gasteiger partial charge < -0.3 is 4.42 Å². The van der Waals surface area contributed by atoms with Gasteiger partial charge in [0.15, 0.2) is 0 Å². The minimum absolute atomic E-state index is 0.166. The van der Waals surface area contributed by atoms with E-state index in [1.165, 1.54) is 0 Å². The average molecular weight is 358 g/mol. The zero-order valence-electron chi connectivity index (χ0n) is 13.9. The lowest BCUT2D eigenvalue weighted by Gasteiger charge is -2.07.